The van der Waals surface area contributed by atoms with Crippen molar-refractivity contribution in [2.75, 3.05) is 20.3 Å². The second-order valence-electron chi connectivity index (χ2n) is 8.45. The van der Waals surface area contributed by atoms with Gasteiger partial charge in [0.2, 0.25) is 11.8 Å². The van der Waals surface area contributed by atoms with E-state index in [-0.39, 0.29) is 17.9 Å². The van der Waals surface area contributed by atoms with Crippen LogP contribution in [0.1, 0.15) is 39.2 Å². The van der Waals surface area contributed by atoms with Gasteiger partial charge in [-0.15, -0.1) is 0 Å². The molecular formula is C24H28N4O4. The van der Waals surface area contributed by atoms with E-state index in [9.17, 15) is 4.79 Å². The zero-order valence-electron chi connectivity index (χ0n) is 18.6. The Morgan fingerprint density at radius 2 is 2.09 bits per heavy atom. The summed E-state index contributed by atoms with van der Waals surface area (Å²) in [6.07, 6.45) is 4.48. The van der Waals surface area contributed by atoms with Gasteiger partial charge in [-0.25, -0.2) is 9.97 Å². The summed E-state index contributed by atoms with van der Waals surface area (Å²) in [5, 5.41) is 2.89. The standard InChI is InChI=1S/C24H28N4O4/c1-4-31-21-9-15(5-8-20(21)30-3)18-11-19-23(28(13-26-19)17-6-7-17)24(27-18)32-14(2)16-10-22(29)25-12-16/h5,8-9,11,13-14,16-17H,4,6-7,10,12H2,1-3H3,(H,25,29)/t14-,16?/m1/s1. The molecule has 2 atom stereocenters. The first-order valence-electron chi connectivity index (χ1n) is 11.2. The molecule has 1 aliphatic heterocycles. The third kappa shape index (κ3) is 3.85. The molecule has 3 heterocycles. The fourth-order valence-corrected chi connectivity index (χ4v) is 4.22. The van der Waals surface area contributed by atoms with Gasteiger partial charge in [0, 0.05) is 30.5 Å². The molecule has 1 saturated heterocycles. The molecule has 8 heteroatoms. The molecule has 32 heavy (non-hydrogen) atoms. The molecule has 1 amide bonds. The maximum Gasteiger partial charge on any atom is 0.241 e. The summed E-state index contributed by atoms with van der Waals surface area (Å²) in [7, 11) is 1.63. The highest BCUT2D eigenvalue weighted by Crippen LogP contribution is 2.41. The number of methoxy groups -OCH3 is 1. The van der Waals surface area contributed by atoms with E-state index in [0.29, 0.717) is 43.0 Å². The molecule has 1 saturated carbocycles. The predicted molar refractivity (Wildman–Crippen MR) is 120 cm³/mol. The lowest BCUT2D eigenvalue weighted by atomic mass is 10.0. The summed E-state index contributed by atoms with van der Waals surface area (Å²) in [5.74, 6) is 2.10. The Labute approximate surface area is 186 Å². The van der Waals surface area contributed by atoms with Gasteiger partial charge in [-0.2, -0.15) is 0 Å². The number of rotatable bonds is 8. The lowest BCUT2D eigenvalue weighted by molar-refractivity contribution is -0.119. The van der Waals surface area contributed by atoms with Crippen LogP contribution >= 0.6 is 0 Å². The van der Waals surface area contributed by atoms with Gasteiger partial charge in [-0.05, 0) is 51.0 Å². The van der Waals surface area contributed by atoms with Crippen LogP contribution in [0.25, 0.3) is 22.3 Å². The van der Waals surface area contributed by atoms with Crippen molar-refractivity contribution in [2.24, 2.45) is 5.92 Å². The number of pyridine rings is 1. The van der Waals surface area contributed by atoms with Crippen molar-refractivity contribution >= 4 is 16.9 Å². The summed E-state index contributed by atoms with van der Waals surface area (Å²) in [4.78, 5) is 21.3. The molecule has 3 aromatic rings. The van der Waals surface area contributed by atoms with Gasteiger partial charge in [0.15, 0.2) is 11.5 Å². The van der Waals surface area contributed by atoms with Crippen LogP contribution in [0.5, 0.6) is 17.4 Å². The molecule has 1 unspecified atom stereocenters. The Hall–Kier alpha value is -3.29. The smallest absolute Gasteiger partial charge is 0.241 e. The average molecular weight is 437 g/mol. The van der Waals surface area contributed by atoms with Crippen LogP contribution in [-0.2, 0) is 4.79 Å². The topological polar surface area (TPSA) is 87.5 Å². The third-order valence-corrected chi connectivity index (χ3v) is 6.19. The number of imidazole rings is 1. The van der Waals surface area contributed by atoms with Gasteiger partial charge >= 0.3 is 0 Å². The summed E-state index contributed by atoms with van der Waals surface area (Å²) in [6.45, 7) is 5.11. The molecule has 0 radical (unpaired) electrons. The van der Waals surface area contributed by atoms with Crippen molar-refractivity contribution < 1.29 is 19.0 Å². The number of fused-ring (bicyclic) bond motifs is 1. The molecule has 1 N–H and O–H groups in total. The van der Waals surface area contributed by atoms with Crippen LogP contribution in [0.2, 0.25) is 0 Å². The Balaban J connectivity index is 1.56. The van der Waals surface area contributed by atoms with E-state index >= 15 is 0 Å². The number of aromatic nitrogens is 3. The second kappa shape index (κ2) is 8.33. The van der Waals surface area contributed by atoms with E-state index in [1.807, 2.05) is 44.4 Å². The third-order valence-electron chi connectivity index (χ3n) is 6.19. The van der Waals surface area contributed by atoms with E-state index in [2.05, 4.69) is 14.9 Å². The molecule has 5 rings (SSSR count). The average Bonchev–Trinajstić information content (AvgIpc) is 3.39. The minimum atomic E-state index is -0.155. The molecule has 2 aromatic heterocycles. The van der Waals surface area contributed by atoms with Crippen molar-refractivity contribution in [1.29, 1.82) is 0 Å². The molecular weight excluding hydrogens is 408 g/mol. The Morgan fingerprint density at radius 1 is 1.25 bits per heavy atom. The van der Waals surface area contributed by atoms with Gasteiger partial charge in [-0.3, -0.25) is 4.79 Å². The van der Waals surface area contributed by atoms with Gasteiger partial charge in [0.05, 0.1) is 31.3 Å². The lowest BCUT2D eigenvalue weighted by Gasteiger charge is -2.20. The highest BCUT2D eigenvalue weighted by atomic mass is 16.5. The number of ether oxygens (including phenoxy) is 3. The summed E-state index contributed by atoms with van der Waals surface area (Å²) >= 11 is 0. The van der Waals surface area contributed by atoms with Crippen molar-refractivity contribution in [2.45, 2.75) is 45.3 Å². The molecule has 1 aliphatic carbocycles. The molecule has 2 fully saturated rings. The van der Waals surface area contributed by atoms with E-state index in [1.165, 1.54) is 0 Å². The number of benzene rings is 1. The van der Waals surface area contributed by atoms with Gasteiger partial charge < -0.3 is 24.1 Å². The predicted octanol–water partition coefficient (Wildman–Crippen LogP) is 3.74. The van der Waals surface area contributed by atoms with E-state index in [4.69, 9.17) is 19.2 Å². The molecule has 1 aromatic carbocycles. The summed E-state index contributed by atoms with van der Waals surface area (Å²) < 4.78 is 19.7. The van der Waals surface area contributed by atoms with Crippen LogP contribution in [0.3, 0.4) is 0 Å². The van der Waals surface area contributed by atoms with E-state index in [1.54, 1.807) is 7.11 Å². The van der Waals surface area contributed by atoms with Crippen molar-refractivity contribution in [1.82, 2.24) is 19.9 Å². The number of hydrogen-bond donors (Lipinski definition) is 1. The first kappa shape index (κ1) is 20.6. The van der Waals surface area contributed by atoms with Crippen LogP contribution in [-0.4, -0.2) is 46.8 Å². The zero-order chi connectivity index (χ0) is 22.2. The summed E-state index contributed by atoms with van der Waals surface area (Å²) in [6, 6.07) is 8.21. The van der Waals surface area contributed by atoms with Gasteiger partial charge in [0.25, 0.3) is 0 Å². The minimum Gasteiger partial charge on any atom is -0.493 e. The SMILES string of the molecule is CCOc1cc(-c2cc3ncn(C4CC4)c3c(O[C@H](C)C3CNC(=O)C3)n2)ccc1OC. The molecule has 0 bridgehead atoms. The fraction of sp³-hybridized carbons (Fsp3) is 0.458. The highest BCUT2D eigenvalue weighted by molar-refractivity contribution is 5.85. The molecule has 0 spiro atoms. The Kier molecular flexibility index (Phi) is 5.36. The normalized spacial score (nSPS) is 19.1. The van der Waals surface area contributed by atoms with Gasteiger partial charge in [0.1, 0.15) is 11.6 Å². The van der Waals surface area contributed by atoms with Crippen LogP contribution in [0.4, 0.5) is 0 Å². The minimum absolute atomic E-state index is 0.0713. The number of amides is 1. The largest absolute Gasteiger partial charge is 0.493 e. The molecule has 8 nitrogen and oxygen atoms in total. The number of carbonyl (C=O) groups is 1. The first-order valence-corrected chi connectivity index (χ1v) is 11.2. The number of nitrogens with one attached hydrogen (secondary N) is 1. The maximum atomic E-state index is 11.7. The van der Waals surface area contributed by atoms with Crippen LogP contribution < -0.4 is 19.5 Å². The fourth-order valence-electron chi connectivity index (χ4n) is 4.22. The van der Waals surface area contributed by atoms with Crippen LogP contribution in [0.15, 0.2) is 30.6 Å². The maximum absolute atomic E-state index is 11.7. The van der Waals surface area contributed by atoms with Crippen molar-refractivity contribution in [3.05, 3.63) is 30.6 Å². The van der Waals surface area contributed by atoms with Crippen molar-refractivity contribution in [3.63, 3.8) is 0 Å². The number of nitrogens with zero attached hydrogens (tertiary/aromatic N) is 3. The van der Waals surface area contributed by atoms with Crippen molar-refractivity contribution in [3.8, 4) is 28.6 Å². The lowest BCUT2D eigenvalue weighted by Crippen LogP contribution is -2.26. The monoisotopic (exact) mass is 436 g/mol. The Morgan fingerprint density at radius 3 is 2.78 bits per heavy atom. The number of hydrogen-bond acceptors (Lipinski definition) is 6. The summed E-state index contributed by atoms with van der Waals surface area (Å²) in [5.41, 5.74) is 3.41. The Bertz CT molecular complexity index is 1150. The van der Waals surface area contributed by atoms with Gasteiger partial charge in [-0.1, -0.05) is 0 Å². The first-order chi connectivity index (χ1) is 15.6. The molecule has 2 aliphatic rings. The van der Waals surface area contributed by atoms with Crippen LogP contribution in [0, 0.1) is 5.92 Å². The molecule has 168 valence electrons. The second-order valence-corrected chi connectivity index (χ2v) is 8.45. The highest BCUT2D eigenvalue weighted by Gasteiger charge is 2.31. The van der Waals surface area contributed by atoms with E-state index < -0.39 is 0 Å². The number of carbonyl (C=O) groups excluding carboxylic acids is 1. The van der Waals surface area contributed by atoms with E-state index in [0.717, 1.165) is 35.1 Å². The zero-order valence-corrected chi connectivity index (χ0v) is 18.6. The quantitative estimate of drug-likeness (QED) is 0.579.